The molecule has 1 heterocycles. The van der Waals surface area contributed by atoms with E-state index in [0.29, 0.717) is 6.42 Å². The SMILES string of the molecule is C=CCOC(=O)[C@H]1O[C@@H]1C[C@@H](C)[C@H](O)CCCCCCCCCCCC. The van der Waals surface area contributed by atoms with Gasteiger partial charge in [-0.2, -0.15) is 0 Å². The second kappa shape index (κ2) is 14.2. The third-order valence-corrected chi connectivity index (χ3v) is 5.27. The summed E-state index contributed by atoms with van der Waals surface area (Å²) in [4.78, 5) is 11.6. The van der Waals surface area contributed by atoms with E-state index in [2.05, 4.69) is 13.5 Å². The average Bonchev–Trinajstić information content (AvgIpc) is 3.40. The Bertz CT molecular complexity index is 382. The Balaban J connectivity index is 1.96. The third-order valence-electron chi connectivity index (χ3n) is 5.27. The van der Waals surface area contributed by atoms with E-state index in [1.165, 1.54) is 57.8 Å². The average molecular weight is 369 g/mol. The maximum Gasteiger partial charge on any atom is 0.338 e. The van der Waals surface area contributed by atoms with Gasteiger partial charge in [0.2, 0.25) is 0 Å². The normalized spacial score (nSPS) is 21.2. The lowest BCUT2D eigenvalue weighted by Crippen LogP contribution is -2.21. The standard InChI is InChI=1S/C22H40O4/c1-4-6-7-8-9-10-11-12-13-14-15-19(23)18(3)17-20-21(26-20)22(24)25-16-5-2/h5,18-21,23H,2,4,6-17H2,1,3H3/t18-,19-,20-,21+/m1/s1. The largest absolute Gasteiger partial charge is 0.459 e. The number of aliphatic hydroxyl groups excluding tert-OH is 1. The van der Waals surface area contributed by atoms with Crippen molar-refractivity contribution in [2.24, 2.45) is 5.92 Å². The summed E-state index contributed by atoms with van der Waals surface area (Å²) in [6.07, 6.45) is 15.3. The lowest BCUT2D eigenvalue weighted by molar-refractivity contribution is -0.143. The fraction of sp³-hybridized carbons (Fsp3) is 0.864. The second-order valence-corrected chi connectivity index (χ2v) is 7.76. The summed E-state index contributed by atoms with van der Waals surface area (Å²) in [5.74, 6) is -0.165. The van der Waals surface area contributed by atoms with E-state index in [1.807, 2.05) is 6.92 Å². The number of esters is 1. The highest BCUT2D eigenvalue weighted by atomic mass is 16.6. The number of aliphatic hydroxyl groups is 1. The summed E-state index contributed by atoms with van der Waals surface area (Å²) in [6.45, 7) is 8.03. The number of hydrogen-bond acceptors (Lipinski definition) is 4. The van der Waals surface area contributed by atoms with E-state index in [9.17, 15) is 9.90 Å². The molecule has 0 spiro atoms. The second-order valence-electron chi connectivity index (χ2n) is 7.76. The van der Waals surface area contributed by atoms with Gasteiger partial charge in [0, 0.05) is 0 Å². The van der Waals surface area contributed by atoms with Crippen molar-refractivity contribution in [3.05, 3.63) is 12.7 Å². The first-order chi connectivity index (χ1) is 12.6. The van der Waals surface area contributed by atoms with Gasteiger partial charge in [-0.3, -0.25) is 0 Å². The highest BCUT2D eigenvalue weighted by Gasteiger charge is 2.47. The topological polar surface area (TPSA) is 59.1 Å². The molecule has 4 atom stereocenters. The minimum atomic E-state index is -0.443. The zero-order chi connectivity index (χ0) is 19.2. The Hall–Kier alpha value is -0.870. The quantitative estimate of drug-likeness (QED) is 0.166. The van der Waals surface area contributed by atoms with Crippen LogP contribution in [0.25, 0.3) is 0 Å². The van der Waals surface area contributed by atoms with Crippen molar-refractivity contribution in [1.82, 2.24) is 0 Å². The Kier molecular flexibility index (Phi) is 12.7. The molecule has 0 aromatic carbocycles. The molecule has 152 valence electrons. The summed E-state index contributed by atoms with van der Waals surface area (Å²) < 4.78 is 10.4. The van der Waals surface area contributed by atoms with E-state index in [4.69, 9.17) is 9.47 Å². The monoisotopic (exact) mass is 368 g/mol. The van der Waals surface area contributed by atoms with Crippen molar-refractivity contribution in [3.8, 4) is 0 Å². The number of unbranched alkanes of at least 4 members (excludes halogenated alkanes) is 9. The Morgan fingerprint density at radius 3 is 2.27 bits per heavy atom. The Labute approximate surface area is 160 Å². The highest BCUT2D eigenvalue weighted by Crippen LogP contribution is 2.31. The van der Waals surface area contributed by atoms with Gasteiger partial charge in [0.25, 0.3) is 0 Å². The van der Waals surface area contributed by atoms with Gasteiger partial charge in [0.15, 0.2) is 6.10 Å². The van der Waals surface area contributed by atoms with Crippen LogP contribution in [0.1, 0.15) is 90.9 Å². The molecule has 0 aromatic rings. The van der Waals surface area contributed by atoms with E-state index >= 15 is 0 Å². The fourth-order valence-corrected chi connectivity index (χ4v) is 3.40. The molecule has 0 aromatic heterocycles. The summed E-state index contributed by atoms with van der Waals surface area (Å²) >= 11 is 0. The van der Waals surface area contributed by atoms with Crippen molar-refractivity contribution in [2.75, 3.05) is 6.61 Å². The van der Waals surface area contributed by atoms with Gasteiger partial charge < -0.3 is 14.6 Å². The summed E-state index contributed by atoms with van der Waals surface area (Å²) in [7, 11) is 0. The summed E-state index contributed by atoms with van der Waals surface area (Å²) in [5.41, 5.74) is 0. The number of carbonyl (C=O) groups excluding carboxylic acids is 1. The van der Waals surface area contributed by atoms with E-state index in [0.717, 1.165) is 12.8 Å². The van der Waals surface area contributed by atoms with Crippen LogP contribution in [-0.2, 0) is 14.3 Å². The van der Waals surface area contributed by atoms with Crippen molar-refractivity contribution in [1.29, 1.82) is 0 Å². The number of ether oxygens (including phenoxy) is 2. The fourth-order valence-electron chi connectivity index (χ4n) is 3.40. The Morgan fingerprint density at radius 2 is 1.69 bits per heavy atom. The predicted molar refractivity (Wildman–Crippen MR) is 106 cm³/mol. The lowest BCUT2D eigenvalue weighted by atomic mass is 9.93. The lowest BCUT2D eigenvalue weighted by Gasteiger charge is -2.17. The molecule has 0 amide bonds. The minimum absolute atomic E-state index is 0.0929. The zero-order valence-electron chi connectivity index (χ0n) is 17.0. The van der Waals surface area contributed by atoms with E-state index < -0.39 is 6.10 Å². The summed E-state index contributed by atoms with van der Waals surface area (Å²) in [6, 6.07) is 0. The number of epoxide rings is 1. The molecular weight excluding hydrogens is 328 g/mol. The van der Waals surface area contributed by atoms with Crippen molar-refractivity contribution in [3.63, 3.8) is 0 Å². The van der Waals surface area contributed by atoms with Crippen LogP contribution in [-0.4, -0.2) is 36.0 Å². The molecule has 4 nitrogen and oxygen atoms in total. The van der Waals surface area contributed by atoms with Gasteiger partial charge in [0.05, 0.1) is 12.2 Å². The summed E-state index contributed by atoms with van der Waals surface area (Å²) in [5, 5.41) is 10.3. The molecule has 0 unspecified atom stereocenters. The number of hydrogen-bond donors (Lipinski definition) is 1. The maximum absolute atomic E-state index is 11.6. The maximum atomic E-state index is 11.6. The van der Waals surface area contributed by atoms with Gasteiger partial charge in [0.1, 0.15) is 6.61 Å². The van der Waals surface area contributed by atoms with Crippen LogP contribution in [0.4, 0.5) is 0 Å². The molecule has 1 saturated heterocycles. The first kappa shape index (κ1) is 23.2. The van der Waals surface area contributed by atoms with Crippen LogP contribution in [0.5, 0.6) is 0 Å². The first-order valence-corrected chi connectivity index (χ1v) is 10.7. The molecular formula is C22H40O4. The van der Waals surface area contributed by atoms with Gasteiger partial charge >= 0.3 is 5.97 Å². The smallest absolute Gasteiger partial charge is 0.338 e. The molecule has 0 saturated carbocycles. The Morgan fingerprint density at radius 1 is 1.12 bits per heavy atom. The van der Waals surface area contributed by atoms with Crippen LogP contribution < -0.4 is 0 Å². The molecule has 1 fully saturated rings. The molecule has 1 aliphatic heterocycles. The molecule has 26 heavy (non-hydrogen) atoms. The van der Waals surface area contributed by atoms with Crippen LogP contribution in [0.15, 0.2) is 12.7 Å². The first-order valence-electron chi connectivity index (χ1n) is 10.7. The van der Waals surface area contributed by atoms with Crippen LogP contribution >= 0.6 is 0 Å². The number of carbonyl (C=O) groups is 1. The molecule has 0 bridgehead atoms. The van der Waals surface area contributed by atoms with Crippen LogP contribution in [0.2, 0.25) is 0 Å². The molecule has 1 rings (SSSR count). The van der Waals surface area contributed by atoms with Gasteiger partial charge in [-0.05, 0) is 18.8 Å². The molecule has 4 heteroatoms. The molecule has 1 N–H and O–H groups in total. The van der Waals surface area contributed by atoms with Crippen molar-refractivity contribution < 1.29 is 19.4 Å². The van der Waals surface area contributed by atoms with E-state index in [-0.39, 0.29) is 30.7 Å². The van der Waals surface area contributed by atoms with Gasteiger partial charge in [-0.1, -0.05) is 90.7 Å². The molecule has 0 aliphatic carbocycles. The number of rotatable bonds is 17. The molecule has 1 aliphatic rings. The highest BCUT2D eigenvalue weighted by molar-refractivity contribution is 5.78. The van der Waals surface area contributed by atoms with Crippen molar-refractivity contribution in [2.45, 2.75) is 109 Å². The molecule has 0 radical (unpaired) electrons. The zero-order valence-corrected chi connectivity index (χ0v) is 17.0. The van der Waals surface area contributed by atoms with Crippen LogP contribution in [0.3, 0.4) is 0 Å². The van der Waals surface area contributed by atoms with Gasteiger partial charge in [-0.25, -0.2) is 4.79 Å². The minimum Gasteiger partial charge on any atom is -0.459 e. The van der Waals surface area contributed by atoms with E-state index in [1.54, 1.807) is 6.08 Å². The van der Waals surface area contributed by atoms with Gasteiger partial charge in [-0.15, -0.1) is 0 Å². The van der Waals surface area contributed by atoms with Crippen LogP contribution in [0, 0.1) is 5.92 Å². The van der Waals surface area contributed by atoms with Crippen molar-refractivity contribution >= 4 is 5.97 Å². The predicted octanol–water partition coefficient (Wildman–Crippen LogP) is 5.18. The third kappa shape index (κ3) is 10.3.